The van der Waals surface area contributed by atoms with Gasteiger partial charge in [-0.25, -0.2) is 4.98 Å². The zero-order valence-corrected chi connectivity index (χ0v) is 9.61. The second-order valence-corrected chi connectivity index (χ2v) is 4.14. The number of nitrogen functional groups attached to an aromatic ring is 1. The Balaban J connectivity index is 1.88. The van der Waals surface area contributed by atoms with Gasteiger partial charge in [0.2, 0.25) is 11.8 Å². The molecule has 2 rings (SSSR count). The quantitative estimate of drug-likeness (QED) is 0.815. The zero-order chi connectivity index (χ0) is 11.4. The minimum atomic E-state index is 0.134. The number of nitrogens with two attached hydrogens (primary N) is 1. The predicted molar refractivity (Wildman–Crippen MR) is 60.5 cm³/mol. The van der Waals surface area contributed by atoms with Crippen molar-refractivity contribution in [1.29, 1.82) is 0 Å². The van der Waals surface area contributed by atoms with Crippen molar-refractivity contribution < 1.29 is 9.47 Å². The van der Waals surface area contributed by atoms with Crippen LogP contribution in [0.5, 0.6) is 5.88 Å². The van der Waals surface area contributed by atoms with Crippen LogP contribution in [0.15, 0.2) is 6.07 Å². The van der Waals surface area contributed by atoms with Gasteiger partial charge in [-0.3, -0.25) is 0 Å². The normalized spacial score (nSPS) is 17.3. The molecule has 88 valence electrons. The minimum Gasteiger partial charge on any atom is -0.477 e. The first-order valence-electron chi connectivity index (χ1n) is 5.24. The van der Waals surface area contributed by atoms with Crippen molar-refractivity contribution in [2.24, 2.45) is 5.92 Å². The summed E-state index contributed by atoms with van der Waals surface area (Å²) in [6, 6.07) is 1.57. The van der Waals surface area contributed by atoms with Crippen molar-refractivity contribution in [2.75, 3.05) is 25.6 Å². The summed E-state index contributed by atoms with van der Waals surface area (Å²) in [5, 5.41) is 0.300. The third-order valence-corrected chi connectivity index (χ3v) is 2.69. The van der Waals surface area contributed by atoms with Crippen LogP contribution in [-0.2, 0) is 4.74 Å². The van der Waals surface area contributed by atoms with Gasteiger partial charge in [0.1, 0.15) is 5.15 Å². The van der Waals surface area contributed by atoms with Gasteiger partial charge in [0.05, 0.1) is 6.61 Å². The van der Waals surface area contributed by atoms with E-state index in [0.717, 1.165) is 26.1 Å². The molecular formula is C10H14ClN3O2. The van der Waals surface area contributed by atoms with Crippen LogP contribution < -0.4 is 10.5 Å². The van der Waals surface area contributed by atoms with Gasteiger partial charge in [0.25, 0.3) is 0 Å². The van der Waals surface area contributed by atoms with E-state index in [1.54, 1.807) is 6.07 Å². The van der Waals surface area contributed by atoms with Crippen LogP contribution in [0.25, 0.3) is 0 Å². The Morgan fingerprint density at radius 3 is 2.88 bits per heavy atom. The lowest BCUT2D eigenvalue weighted by Gasteiger charge is -2.21. The lowest BCUT2D eigenvalue weighted by Crippen LogP contribution is -2.21. The molecule has 1 aliphatic rings. The van der Waals surface area contributed by atoms with Crippen LogP contribution in [0.3, 0.4) is 0 Å². The first-order chi connectivity index (χ1) is 7.74. The standard InChI is InChI=1S/C10H14ClN3O2/c11-8-5-9(14-10(12)13-8)16-6-7-1-3-15-4-2-7/h5,7H,1-4,6H2,(H2,12,13,14). The van der Waals surface area contributed by atoms with Gasteiger partial charge in [-0.1, -0.05) is 11.6 Å². The number of halogens is 1. The highest BCUT2D eigenvalue weighted by Gasteiger charge is 2.14. The molecule has 1 aromatic heterocycles. The smallest absolute Gasteiger partial charge is 0.224 e. The highest BCUT2D eigenvalue weighted by Crippen LogP contribution is 2.18. The van der Waals surface area contributed by atoms with Crippen molar-refractivity contribution in [3.63, 3.8) is 0 Å². The van der Waals surface area contributed by atoms with Crippen molar-refractivity contribution in [3.05, 3.63) is 11.2 Å². The van der Waals surface area contributed by atoms with E-state index in [-0.39, 0.29) is 5.95 Å². The Hall–Kier alpha value is -1.07. The fourth-order valence-corrected chi connectivity index (χ4v) is 1.78. The van der Waals surface area contributed by atoms with Gasteiger partial charge in [-0.05, 0) is 18.8 Å². The van der Waals surface area contributed by atoms with Crippen LogP contribution >= 0.6 is 11.6 Å². The molecule has 5 nitrogen and oxygen atoms in total. The van der Waals surface area contributed by atoms with E-state index >= 15 is 0 Å². The van der Waals surface area contributed by atoms with E-state index in [0.29, 0.717) is 23.6 Å². The van der Waals surface area contributed by atoms with Crippen LogP contribution in [0.4, 0.5) is 5.95 Å². The maximum atomic E-state index is 5.74. The Morgan fingerprint density at radius 2 is 2.19 bits per heavy atom. The van der Waals surface area contributed by atoms with E-state index < -0.39 is 0 Å². The SMILES string of the molecule is Nc1nc(Cl)cc(OCC2CCOCC2)n1. The summed E-state index contributed by atoms with van der Waals surface area (Å²) in [6.07, 6.45) is 2.04. The van der Waals surface area contributed by atoms with Crippen molar-refractivity contribution >= 4 is 17.5 Å². The number of hydrogen-bond acceptors (Lipinski definition) is 5. The summed E-state index contributed by atoms with van der Waals surface area (Å²) >= 11 is 5.74. The average Bonchev–Trinajstić information content (AvgIpc) is 2.27. The number of aromatic nitrogens is 2. The molecule has 0 spiro atoms. The fraction of sp³-hybridized carbons (Fsp3) is 0.600. The van der Waals surface area contributed by atoms with Crippen LogP contribution in [0.1, 0.15) is 12.8 Å². The molecule has 6 heteroatoms. The molecule has 0 saturated carbocycles. The Morgan fingerprint density at radius 1 is 1.44 bits per heavy atom. The van der Waals surface area contributed by atoms with Crippen molar-refractivity contribution in [3.8, 4) is 5.88 Å². The maximum Gasteiger partial charge on any atom is 0.224 e. The summed E-state index contributed by atoms with van der Waals surface area (Å²) in [5.41, 5.74) is 5.46. The molecule has 1 aliphatic heterocycles. The Labute approximate surface area is 98.9 Å². The molecule has 1 fully saturated rings. The van der Waals surface area contributed by atoms with Gasteiger partial charge >= 0.3 is 0 Å². The first-order valence-corrected chi connectivity index (χ1v) is 5.62. The second-order valence-electron chi connectivity index (χ2n) is 3.75. The van der Waals surface area contributed by atoms with Crippen LogP contribution in [0.2, 0.25) is 5.15 Å². The molecule has 1 saturated heterocycles. The number of hydrogen-bond donors (Lipinski definition) is 1. The molecule has 0 unspecified atom stereocenters. The third kappa shape index (κ3) is 3.21. The van der Waals surface area contributed by atoms with E-state index in [2.05, 4.69) is 9.97 Å². The molecule has 0 radical (unpaired) electrons. The van der Waals surface area contributed by atoms with Gasteiger partial charge < -0.3 is 15.2 Å². The average molecular weight is 244 g/mol. The Kier molecular flexibility index (Phi) is 3.79. The summed E-state index contributed by atoms with van der Waals surface area (Å²) in [4.78, 5) is 7.71. The molecule has 0 atom stereocenters. The molecule has 2 N–H and O–H groups in total. The van der Waals surface area contributed by atoms with Crippen LogP contribution in [-0.4, -0.2) is 29.8 Å². The van der Waals surface area contributed by atoms with Gasteiger partial charge in [-0.2, -0.15) is 4.98 Å². The van der Waals surface area contributed by atoms with E-state index in [9.17, 15) is 0 Å². The number of nitrogens with zero attached hydrogens (tertiary/aromatic N) is 2. The third-order valence-electron chi connectivity index (χ3n) is 2.50. The molecular weight excluding hydrogens is 230 g/mol. The second kappa shape index (κ2) is 5.32. The molecule has 16 heavy (non-hydrogen) atoms. The van der Waals surface area contributed by atoms with E-state index in [4.69, 9.17) is 26.8 Å². The highest BCUT2D eigenvalue weighted by atomic mass is 35.5. The molecule has 0 aliphatic carbocycles. The maximum absolute atomic E-state index is 5.74. The van der Waals surface area contributed by atoms with E-state index in [1.807, 2.05) is 0 Å². The summed E-state index contributed by atoms with van der Waals surface area (Å²) in [6.45, 7) is 2.23. The number of ether oxygens (including phenoxy) is 2. The monoisotopic (exact) mass is 243 g/mol. The Bertz CT molecular complexity index is 336. The largest absolute Gasteiger partial charge is 0.477 e. The lowest BCUT2D eigenvalue weighted by atomic mass is 10.0. The molecule has 0 bridgehead atoms. The predicted octanol–water partition coefficient (Wildman–Crippen LogP) is 1.52. The summed E-state index contributed by atoms with van der Waals surface area (Å²) in [7, 11) is 0. The zero-order valence-electron chi connectivity index (χ0n) is 8.86. The lowest BCUT2D eigenvalue weighted by molar-refractivity contribution is 0.0490. The molecule has 1 aromatic rings. The summed E-state index contributed by atoms with van der Waals surface area (Å²) < 4.78 is 10.8. The van der Waals surface area contributed by atoms with Gasteiger partial charge in [0.15, 0.2) is 0 Å². The molecule has 0 aromatic carbocycles. The molecule has 2 heterocycles. The number of anilines is 1. The van der Waals surface area contributed by atoms with Crippen LogP contribution in [0, 0.1) is 5.92 Å². The van der Waals surface area contributed by atoms with Gasteiger partial charge in [-0.15, -0.1) is 0 Å². The van der Waals surface area contributed by atoms with Crippen molar-refractivity contribution in [1.82, 2.24) is 9.97 Å². The minimum absolute atomic E-state index is 0.134. The van der Waals surface area contributed by atoms with E-state index in [1.165, 1.54) is 0 Å². The topological polar surface area (TPSA) is 70.3 Å². The summed E-state index contributed by atoms with van der Waals surface area (Å²) in [5.74, 6) is 1.09. The van der Waals surface area contributed by atoms with Crippen molar-refractivity contribution in [2.45, 2.75) is 12.8 Å². The first kappa shape index (κ1) is 11.4. The fourth-order valence-electron chi connectivity index (χ4n) is 1.60. The van der Waals surface area contributed by atoms with Gasteiger partial charge in [0, 0.05) is 19.3 Å². The highest BCUT2D eigenvalue weighted by molar-refractivity contribution is 6.29. The number of rotatable bonds is 3. The molecule has 0 amide bonds.